The highest BCUT2D eigenvalue weighted by molar-refractivity contribution is 7.91. The van der Waals surface area contributed by atoms with E-state index in [0.29, 0.717) is 18.7 Å². The topological polar surface area (TPSA) is 49.4 Å². The average molecular weight is 331 g/mol. The van der Waals surface area contributed by atoms with Gasteiger partial charge in [0.05, 0.1) is 11.5 Å². The summed E-state index contributed by atoms with van der Waals surface area (Å²) < 4.78 is 23.5. The molecule has 1 aliphatic heterocycles. The average Bonchev–Trinajstić information content (AvgIpc) is 2.60. The number of sulfone groups is 1. The lowest BCUT2D eigenvalue weighted by Gasteiger charge is -2.25. The highest BCUT2D eigenvalue weighted by Gasteiger charge is 2.20. The molecular formula is C15H23ClN2O2S. The van der Waals surface area contributed by atoms with Crippen molar-refractivity contribution in [2.45, 2.75) is 26.3 Å². The van der Waals surface area contributed by atoms with E-state index in [1.807, 2.05) is 18.2 Å². The van der Waals surface area contributed by atoms with Gasteiger partial charge in [-0.05, 0) is 43.1 Å². The van der Waals surface area contributed by atoms with Gasteiger partial charge >= 0.3 is 0 Å². The summed E-state index contributed by atoms with van der Waals surface area (Å²) in [5.41, 5.74) is 2.23. The zero-order valence-electron chi connectivity index (χ0n) is 12.4. The molecule has 118 valence electrons. The van der Waals surface area contributed by atoms with Crippen LogP contribution in [0.3, 0.4) is 0 Å². The molecule has 1 aromatic carbocycles. The molecule has 0 spiro atoms. The SMILES string of the molecule is CCCNCc1cc(Cl)ccc1N1CCCS(=O)(=O)CC1. The molecule has 4 nitrogen and oxygen atoms in total. The quantitative estimate of drug-likeness (QED) is 0.843. The molecule has 21 heavy (non-hydrogen) atoms. The molecule has 1 fully saturated rings. The van der Waals surface area contributed by atoms with Gasteiger partial charge in [-0.25, -0.2) is 8.42 Å². The summed E-state index contributed by atoms with van der Waals surface area (Å²) in [4.78, 5) is 2.17. The molecule has 0 saturated carbocycles. The van der Waals surface area contributed by atoms with Crippen LogP contribution in [0.2, 0.25) is 5.02 Å². The Labute approximate surface area is 132 Å². The molecule has 1 aliphatic rings. The van der Waals surface area contributed by atoms with Gasteiger partial charge in [-0.3, -0.25) is 0 Å². The van der Waals surface area contributed by atoms with Crippen LogP contribution >= 0.6 is 11.6 Å². The lowest BCUT2D eigenvalue weighted by molar-refractivity contribution is 0.597. The van der Waals surface area contributed by atoms with Crippen LogP contribution in [-0.4, -0.2) is 39.6 Å². The number of halogens is 1. The lowest BCUT2D eigenvalue weighted by atomic mass is 10.1. The smallest absolute Gasteiger partial charge is 0.152 e. The molecule has 1 N–H and O–H groups in total. The van der Waals surface area contributed by atoms with Gasteiger partial charge in [0.1, 0.15) is 0 Å². The zero-order chi connectivity index (χ0) is 15.3. The fourth-order valence-electron chi connectivity index (χ4n) is 2.58. The van der Waals surface area contributed by atoms with Crippen molar-refractivity contribution in [2.24, 2.45) is 0 Å². The highest BCUT2D eigenvalue weighted by atomic mass is 35.5. The summed E-state index contributed by atoms with van der Waals surface area (Å²) in [7, 11) is -2.89. The maximum atomic E-state index is 11.7. The monoisotopic (exact) mass is 330 g/mol. The minimum absolute atomic E-state index is 0.234. The van der Waals surface area contributed by atoms with Crippen molar-refractivity contribution in [1.82, 2.24) is 5.32 Å². The summed E-state index contributed by atoms with van der Waals surface area (Å²) in [6, 6.07) is 5.85. The second-order valence-electron chi connectivity index (χ2n) is 5.44. The van der Waals surface area contributed by atoms with Crippen molar-refractivity contribution < 1.29 is 8.42 Å². The third-order valence-electron chi connectivity index (χ3n) is 3.68. The molecule has 0 aliphatic carbocycles. The van der Waals surface area contributed by atoms with Gasteiger partial charge < -0.3 is 10.2 Å². The van der Waals surface area contributed by atoms with Crippen LogP contribution < -0.4 is 10.2 Å². The second kappa shape index (κ2) is 7.47. The zero-order valence-corrected chi connectivity index (χ0v) is 14.0. The number of hydrogen-bond donors (Lipinski definition) is 1. The van der Waals surface area contributed by atoms with Crippen LogP contribution in [0.4, 0.5) is 5.69 Å². The molecule has 6 heteroatoms. The maximum Gasteiger partial charge on any atom is 0.152 e. The van der Waals surface area contributed by atoms with E-state index in [1.54, 1.807) is 0 Å². The molecule has 0 bridgehead atoms. The predicted molar refractivity (Wildman–Crippen MR) is 88.9 cm³/mol. The molecule has 0 aromatic heterocycles. The summed E-state index contributed by atoms with van der Waals surface area (Å²) in [6.45, 7) is 5.19. The minimum Gasteiger partial charge on any atom is -0.370 e. The summed E-state index contributed by atoms with van der Waals surface area (Å²) >= 11 is 6.10. The number of nitrogens with one attached hydrogen (secondary N) is 1. The van der Waals surface area contributed by atoms with Crippen molar-refractivity contribution in [1.29, 1.82) is 0 Å². The predicted octanol–water partition coefficient (Wildman–Crippen LogP) is 2.46. The Morgan fingerprint density at radius 2 is 2.10 bits per heavy atom. The first-order valence-electron chi connectivity index (χ1n) is 7.46. The summed E-state index contributed by atoms with van der Waals surface area (Å²) in [5.74, 6) is 0.526. The Morgan fingerprint density at radius 1 is 1.29 bits per heavy atom. The van der Waals surface area contributed by atoms with E-state index in [4.69, 9.17) is 11.6 Å². The fourth-order valence-corrected chi connectivity index (χ4v) is 4.05. The van der Waals surface area contributed by atoms with Crippen molar-refractivity contribution in [3.8, 4) is 0 Å². The normalized spacial score (nSPS) is 18.5. The van der Waals surface area contributed by atoms with Gasteiger partial charge in [0.25, 0.3) is 0 Å². The van der Waals surface area contributed by atoms with Gasteiger partial charge in [-0.2, -0.15) is 0 Å². The Hall–Kier alpha value is -0.780. The Balaban J connectivity index is 2.17. The first-order chi connectivity index (χ1) is 10.0. The van der Waals surface area contributed by atoms with Crippen LogP contribution in [0.1, 0.15) is 25.3 Å². The third kappa shape index (κ3) is 4.87. The molecule has 0 amide bonds. The Kier molecular flexibility index (Phi) is 5.90. The van der Waals surface area contributed by atoms with Crippen LogP contribution in [-0.2, 0) is 16.4 Å². The first kappa shape index (κ1) is 16.6. The number of anilines is 1. The van der Waals surface area contributed by atoms with Crippen molar-refractivity contribution in [3.63, 3.8) is 0 Å². The standard InChI is InChI=1S/C15H23ClN2O2S/c1-2-6-17-12-13-11-14(16)4-5-15(13)18-7-3-9-21(19,20)10-8-18/h4-5,11,17H,2-3,6-10,12H2,1H3. The molecule has 1 aromatic rings. The van der Waals surface area contributed by atoms with Gasteiger partial charge in [0.15, 0.2) is 9.84 Å². The van der Waals surface area contributed by atoms with Crippen molar-refractivity contribution in [3.05, 3.63) is 28.8 Å². The highest BCUT2D eigenvalue weighted by Crippen LogP contribution is 2.25. The van der Waals surface area contributed by atoms with Crippen LogP contribution in [0.15, 0.2) is 18.2 Å². The molecule has 2 rings (SSSR count). The fraction of sp³-hybridized carbons (Fsp3) is 0.600. The number of nitrogens with zero attached hydrogens (tertiary/aromatic N) is 1. The van der Waals surface area contributed by atoms with Crippen LogP contribution in [0, 0.1) is 0 Å². The number of rotatable bonds is 5. The van der Waals surface area contributed by atoms with Crippen LogP contribution in [0.25, 0.3) is 0 Å². The van der Waals surface area contributed by atoms with E-state index in [1.165, 1.54) is 0 Å². The molecule has 1 saturated heterocycles. The van der Waals surface area contributed by atoms with Gasteiger partial charge in [-0.1, -0.05) is 18.5 Å². The maximum absolute atomic E-state index is 11.7. The van der Waals surface area contributed by atoms with E-state index in [-0.39, 0.29) is 5.75 Å². The summed E-state index contributed by atoms with van der Waals surface area (Å²) in [5, 5.41) is 4.10. The van der Waals surface area contributed by atoms with E-state index >= 15 is 0 Å². The Morgan fingerprint density at radius 3 is 2.86 bits per heavy atom. The number of hydrogen-bond acceptors (Lipinski definition) is 4. The van der Waals surface area contributed by atoms with E-state index in [9.17, 15) is 8.42 Å². The van der Waals surface area contributed by atoms with E-state index < -0.39 is 9.84 Å². The van der Waals surface area contributed by atoms with Crippen molar-refractivity contribution in [2.75, 3.05) is 36.0 Å². The Bertz CT molecular complexity index is 575. The first-order valence-corrected chi connectivity index (χ1v) is 9.66. The van der Waals surface area contributed by atoms with Crippen molar-refractivity contribution >= 4 is 27.1 Å². The molecular weight excluding hydrogens is 308 g/mol. The molecule has 0 radical (unpaired) electrons. The van der Waals surface area contributed by atoms with Crippen LogP contribution in [0.5, 0.6) is 0 Å². The lowest BCUT2D eigenvalue weighted by Crippen LogP contribution is -2.28. The number of benzene rings is 1. The van der Waals surface area contributed by atoms with E-state index in [2.05, 4.69) is 17.1 Å². The van der Waals surface area contributed by atoms with Gasteiger partial charge in [0, 0.05) is 30.3 Å². The summed E-state index contributed by atoms with van der Waals surface area (Å²) in [6.07, 6.45) is 1.77. The molecule has 0 atom stereocenters. The molecule has 0 unspecified atom stereocenters. The largest absolute Gasteiger partial charge is 0.370 e. The van der Waals surface area contributed by atoms with Gasteiger partial charge in [0.2, 0.25) is 0 Å². The minimum atomic E-state index is -2.89. The second-order valence-corrected chi connectivity index (χ2v) is 8.18. The molecule has 1 heterocycles. The van der Waals surface area contributed by atoms with E-state index in [0.717, 1.165) is 42.3 Å². The third-order valence-corrected chi connectivity index (χ3v) is 5.63. The van der Waals surface area contributed by atoms with Gasteiger partial charge in [-0.15, -0.1) is 0 Å².